The van der Waals surface area contributed by atoms with Gasteiger partial charge >= 0.3 is 5.69 Å². The highest BCUT2D eigenvalue weighted by atomic mass is 32.1. The summed E-state index contributed by atoms with van der Waals surface area (Å²) in [7, 11) is 0. The predicted molar refractivity (Wildman–Crippen MR) is 102 cm³/mol. The maximum atomic E-state index is 13.5. The van der Waals surface area contributed by atoms with Gasteiger partial charge in [-0.3, -0.25) is 14.2 Å². The number of aromatic nitrogens is 2. The van der Waals surface area contributed by atoms with Crippen molar-refractivity contribution in [3.05, 3.63) is 66.7 Å². The molecule has 0 aliphatic carbocycles. The number of carbonyl (C=O) groups is 1. The van der Waals surface area contributed by atoms with Crippen molar-refractivity contribution in [1.82, 2.24) is 14.5 Å². The van der Waals surface area contributed by atoms with Crippen LogP contribution in [0.3, 0.4) is 0 Å². The fourth-order valence-electron chi connectivity index (χ4n) is 3.59. The number of benzene rings is 1. The number of nitrogens with one attached hydrogen (secondary N) is 1. The number of likely N-dealkylation sites (tertiary alicyclic amines) is 1. The van der Waals surface area contributed by atoms with Crippen LogP contribution >= 0.6 is 11.3 Å². The molecule has 1 saturated heterocycles. The van der Waals surface area contributed by atoms with E-state index in [0.29, 0.717) is 31.4 Å². The van der Waals surface area contributed by atoms with Crippen LogP contribution in [0.4, 0.5) is 4.39 Å². The molecule has 140 valence electrons. The average molecular weight is 387 g/mol. The fraction of sp³-hybridized carbons (Fsp3) is 0.316. The number of aromatic amines is 1. The van der Waals surface area contributed by atoms with Crippen molar-refractivity contribution >= 4 is 28.1 Å². The van der Waals surface area contributed by atoms with Gasteiger partial charge in [0.25, 0.3) is 11.5 Å². The molecule has 1 aliphatic heterocycles. The minimum atomic E-state index is -0.523. The zero-order chi connectivity index (χ0) is 19.1. The minimum Gasteiger partial charge on any atom is -0.338 e. The van der Waals surface area contributed by atoms with E-state index in [1.54, 1.807) is 4.90 Å². The molecule has 1 fully saturated rings. The second-order valence-corrected chi connectivity index (χ2v) is 7.67. The van der Waals surface area contributed by atoms with Gasteiger partial charge in [0, 0.05) is 19.1 Å². The number of piperidine rings is 1. The lowest BCUT2D eigenvalue weighted by atomic mass is 10.0. The average Bonchev–Trinajstić information content (AvgIpc) is 3.08. The third-order valence-corrected chi connectivity index (χ3v) is 6.07. The van der Waals surface area contributed by atoms with Crippen molar-refractivity contribution in [3.8, 4) is 0 Å². The van der Waals surface area contributed by atoms with Crippen LogP contribution in [0.15, 0.2) is 39.2 Å². The van der Waals surface area contributed by atoms with E-state index in [9.17, 15) is 18.8 Å². The summed E-state index contributed by atoms with van der Waals surface area (Å²) in [5.74, 6) is -0.535. The fourth-order valence-corrected chi connectivity index (χ4v) is 4.49. The van der Waals surface area contributed by atoms with Gasteiger partial charge in [0.1, 0.15) is 5.82 Å². The monoisotopic (exact) mass is 387 g/mol. The molecule has 1 aromatic carbocycles. The van der Waals surface area contributed by atoms with Crippen LogP contribution in [-0.2, 0) is 0 Å². The Balaban J connectivity index is 1.60. The SMILES string of the molecule is Cc1ccsc1C(=O)N1CCC(n2c(=O)[nH]c3ccc(F)cc3c2=O)CC1. The number of carbonyl (C=O) groups excluding carboxylic acids is 1. The van der Waals surface area contributed by atoms with Crippen molar-refractivity contribution in [1.29, 1.82) is 0 Å². The maximum absolute atomic E-state index is 13.5. The number of nitrogens with zero attached hydrogens (tertiary/aromatic N) is 2. The Morgan fingerprint density at radius 2 is 1.96 bits per heavy atom. The van der Waals surface area contributed by atoms with E-state index in [1.165, 1.54) is 28.0 Å². The zero-order valence-corrected chi connectivity index (χ0v) is 15.5. The van der Waals surface area contributed by atoms with E-state index >= 15 is 0 Å². The molecule has 27 heavy (non-hydrogen) atoms. The normalized spacial score (nSPS) is 15.4. The molecule has 0 saturated carbocycles. The summed E-state index contributed by atoms with van der Waals surface area (Å²) < 4.78 is 14.7. The van der Waals surface area contributed by atoms with E-state index in [4.69, 9.17) is 0 Å². The van der Waals surface area contributed by atoms with E-state index in [1.807, 2.05) is 18.4 Å². The molecular formula is C19H18FN3O3S. The number of hydrogen-bond acceptors (Lipinski definition) is 4. The molecule has 0 spiro atoms. The van der Waals surface area contributed by atoms with Gasteiger partial charge in [-0.1, -0.05) is 0 Å². The molecule has 0 atom stereocenters. The third kappa shape index (κ3) is 3.10. The first-order valence-corrected chi connectivity index (χ1v) is 9.61. The highest BCUT2D eigenvalue weighted by molar-refractivity contribution is 7.12. The van der Waals surface area contributed by atoms with Gasteiger partial charge < -0.3 is 9.88 Å². The molecule has 4 rings (SSSR count). The standard InChI is InChI=1S/C19H18FN3O3S/c1-11-6-9-27-16(11)18(25)22-7-4-13(5-8-22)23-17(24)14-10-12(20)2-3-15(14)21-19(23)26/h2-3,6,9-10,13H,4-5,7-8H2,1H3,(H,21,26). The molecule has 1 amide bonds. The number of amides is 1. The van der Waals surface area contributed by atoms with E-state index in [0.717, 1.165) is 16.5 Å². The van der Waals surface area contributed by atoms with Crippen LogP contribution in [0.2, 0.25) is 0 Å². The molecule has 6 nitrogen and oxygen atoms in total. The Morgan fingerprint density at radius 1 is 1.22 bits per heavy atom. The van der Waals surface area contributed by atoms with E-state index in [-0.39, 0.29) is 17.3 Å². The topological polar surface area (TPSA) is 75.2 Å². The Kier molecular flexibility index (Phi) is 4.43. The summed E-state index contributed by atoms with van der Waals surface area (Å²) in [5, 5.41) is 2.05. The number of aryl methyl sites for hydroxylation is 1. The quantitative estimate of drug-likeness (QED) is 0.735. The highest BCUT2D eigenvalue weighted by Crippen LogP contribution is 2.24. The zero-order valence-electron chi connectivity index (χ0n) is 14.7. The molecule has 8 heteroatoms. The van der Waals surface area contributed by atoms with Crippen molar-refractivity contribution in [2.24, 2.45) is 0 Å². The van der Waals surface area contributed by atoms with Crippen LogP contribution in [0, 0.1) is 12.7 Å². The summed E-state index contributed by atoms with van der Waals surface area (Å²) in [4.78, 5) is 42.9. The molecule has 0 unspecified atom stereocenters. The van der Waals surface area contributed by atoms with Crippen LogP contribution in [0.1, 0.15) is 34.1 Å². The number of hydrogen-bond donors (Lipinski definition) is 1. The van der Waals surface area contributed by atoms with E-state index in [2.05, 4.69) is 4.98 Å². The maximum Gasteiger partial charge on any atom is 0.329 e. The van der Waals surface area contributed by atoms with Gasteiger partial charge in [-0.05, 0) is 55.0 Å². The van der Waals surface area contributed by atoms with Gasteiger partial charge in [-0.15, -0.1) is 11.3 Å². The van der Waals surface area contributed by atoms with Crippen molar-refractivity contribution in [2.45, 2.75) is 25.8 Å². The Labute approximate surface area is 157 Å². The summed E-state index contributed by atoms with van der Waals surface area (Å²) in [6, 6.07) is 5.34. The largest absolute Gasteiger partial charge is 0.338 e. The Hall–Kier alpha value is -2.74. The second kappa shape index (κ2) is 6.77. The van der Waals surface area contributed by atoms with Crippen molar-refractivity contribution in [3.63, 3.8) is 0 Å². The van der Waals surface area contributed by atoms with Gasteiger partial charge in [0.2, 0.25) is 0 Å². The third-order valence-electron chi connectivity index (χ3n) is 5.06. The number of thiophene rings is 1. The van der Waals surface area contributed by atoms with Gasteiger partial charge in [-0.25, -0.2) is 9.18 Å². The first-order valence-electron chi connectivity index (χ1n) is 8.73. The van der Waals surface area contributed by atoms with Gasteiger partial charge in [-0.2, -0.15) is 0 Å². The molecule has 3 heterocycles. The molecule has 3 aromatic rings. The number of fused-ring (bicyclic) bond motifs is 1. The van der Waals surface area contributed by atoms with Crippen molar-refractivity contribution < 1.29 is 9.18 Å². The Morgan fingerprint density at radius 3 is 2.63 bits per heavy atom. The molecular weight excluding hydrogens is 369 g/mol. The number of H-pyrrole nitrogens is 1. The van der Waals surface area contributed by atoms with Gasteiger partial charge in [0.05, 0.1) is 15.8 Å². The molecule has 2 aromatic heterocycles. The van der Waals surface area contributed by atoms with Crippen LogP contribution in [-0.4, -0.2) is 33.4 Å². The predicted octanol–water partition coefficient (Wildman–Crippen LogP) is 2.68. The smallest absolute Gasteiger partial charge is 0.329 e. The van der Waals surface area contributed by atoms with Crippen LogP contribution in [0.5, 0.6) is 0 Å². The second-order valence-electron chi connectivity index (χ2n) is 6.75. The number of rotatable bonds is 2. The summed E-state index contributed by atoms with van der Waals surface area (Å²) >= 11 is 1.42. The van der Waals surface area contributed by atoms with Crippen LogP contribution < -0.4 is 11.2 Å². The number of halogens is 1. The first-order chi connectivity index (χ1) is 13.0. The minimum absolute atomic E-state index is 0.0113. The molecule has 1 aliphatic rings. The van der Waals surface area contributed by atoms with Crippen molar-refractivity contribution in [2.75, 3.05) is 13.1 Å². The summed E-state index contributed by atoms with van der Waals surface area (Å²) in [6.45, 7) is 2.84. The van der Waals surface area contributed by atoms with Crippen LogP contribution in [0.25, 0.3) is 10.9 Å². The lowest BCUT2D eigenvalue weighted by Crippen LogP contribution is -2.45. The van der Waals surface area contributed by atoms with Gasteiger partial charge in [0.15, 0.2) is 0 Å². The molecule has 0 radical (unpaired) electrons. The van der Waals surface area contributed by atoms with E-state index < -0.39 is 17.1 Å². The summed E-state index contributed by atoms with van der Waals surface area (Å²) in [5.41, 5.74) is 0.282. The summed E-state index contributed by atoms with van der Waals surface area (Å²) in [6.07, 6.45) is 1.000. The Bertz CT molecular complexity index is 1140. The highest BCUT2D eigenvalue weighted by Gasteiger charge is 2.27. The molecule has 1 N–H and O–H groups in total. The molecule has 0 bridgehead atoms. The lowest BCUT2D eigenvalue weighted by Gasteiger charge is -2.32. The lowest BCUT2D eigenvalue weighted by molar-refractivity contribution is 0.0696. The first kappa shape index (κ1) is 17.7.